The molecule has 2 aromatic heterocycles. The lowest BCUT2D eigenvalue weighted by Gasteiger charge is -2.16. The van der Waals surface area contributed by atoms with Gasteiger partial charge in [0.15, 0.2) is 0 Å². The molecule has 0 unspecified atom stereocenters. The van der Waals surface area contributed by atoms with Gasteiger partial charge in [0.05, 0.1) is 25.3 Å². The maximum atomic E-state index is 12.1. The van der Waals surface area contributed by atoms with E-state index in [0.29, 0.717) is 24.0 Å². The van der Waals surface area contributed by atoms with Gasteiger partial charge in [0.25, 0.3) is 0 Å². The zero-order valence-corrected chi connectivity index (χ0v) is 17.4. The summed E-state index contributed by atoms with van der Waals surface area (Å²) in [5.74, 6) is -0.845. The fraction of sp³-hybridized carbons (Fsp3) is 0.250. The Morgan fingerprint density at radius 3 is 1.77 bits per heavy atom. The third kappa shape index (κ3) is 3.80. The minimum atomic E-state index is -0.393. The van der Waals surface area contributed by atoms with Gasteiger partial charge < -0.3 is 24.5 Å². The fourth-order valence-corrected chi connectivity index (χ4v) is 4.12. The molecule has 4 rings (SSSR count). The number of nitrogens with one attached hydrogen (secondary N) is 2. The topological polar surface area (TPSA) is 104 Å². The summed E-state index contributed by atoms with van der Waals surface area (Å²) < 4.78 is 9.74. The molecule has 4 aromatic rings. The van der Waals surface area contributed by atoms with E-state index in [1.807, 2.05) is 36.7 Å². The van der Waals surface area contributed by atoms with E-state index < -0.39 is 11.9 Å². The molecule has 0 bridgehead atoms. The van der Waals surface area contributed by atoms with Crippen LogP contribution < -0.4 is 0 Å². The van der Waals surface area contributed by atoms with Crippen molar-refractivity contribution in [2.45, 2.75) is 18.8 Å². The standard InChI is InChI=1S/C24H24N2O5/c1-30-23(28)14-5-7-21-17(10-14)19(12-25-21)16(4-3-9-27)20-13-26-22-8-6-15(11-18(20)22)24(29)31-2/h5-8,10-13,16,25-27H,3-4,9H2,1-2H3. The van der Waals surface area contributed by atoms with Crippen molar-refractivity contribution in [1.82, 2.24) is 9.97 Å². The van der Waals surface area contributed by atoms with Crippen LogP contribution in [0.5, 0.6) is 0 Å². The Morgan fingerprint density at radius 2 is 1.35 bits per heavy atom. The number of hydrogen-bond donors (Lipinski definition) is 3. The van der Waals surface area contributed by atoms with Gasteiger partial charge in [0.1, 0.15) is 0 Å². The van der Waals surface area contributed by atoms with Crippen LogP contribution in [0.25, 0.3) is 21.8 Å². The van der Waals surface area contributed by atoms with E-state index in [9.17, 15) is 14.7 Å². The fourth-order valence-electron chi connectivity index (χ4n) is 4.12. The van der Waals surface area contributed by atoms with E-state index in [1.54, 1.807) is 12.1 Å². The lowest BCUT2D eigenvalue weighted by Crippen LogP contribution is -2.04. The van der Waals surface area contributed by atoms with Gasteiger partial charge in [-0.15, -0.1) is 0 Å². The Hall–Kier alpha value is -3.58. The van der Waals surface area contributed by atoms with Gasteiger partial charge in [-0.25, -0.2) is 9.59 Å². The van der Waals surface area contributed by atoms with Crippen molar-refractivity contribution in [3.63, 3.8) is 0 Å². The molecule has 0 aliphatic carbocycles. The molecule has 0 aliphatic rings. The zero-order valence-electron chi connectivity index (χ0n) is 17.4. The number of hydrogen-bond acceptors (Lipinski definition) is 5. The molecule has 0 fully saturated rings. The highest BCUT2D eigenvalue weighted by Crippen LogP contribution is 2.38. The highest BCUT2D eigenvalue weighted by atomic mass is 16.5. The number of methoxy groups -OCH3 is 2. The number of fused-ring (bicyclic) bond motifs is 2. The number of carbonyl (C=O) groups is 2. The van der Waals surface area contributed by atoms with Crippen LogP contribution >= 0.6 is 0 Å². The van der Waals surface area contributed by atoms with Crippen LogP contribution in [0.1, 0.15) is 50.6 Å². The largest absolute Gasteiger partial charge is 0.465 e. The molecule has 0 spiro atoms. The Kier molecular flexibility index (Phi) is 5.77. The Balaban J connectivity index is 1.87. The summed E-state index contributed by atoms with van der Waals surface area (Å²) in [4.78, 5) is 30.7. The first-order valence-corrected chi connectivity index (χ1v) is 10.1. The van der Waals surface area contributed by atoms with Crippen molar-refractivity contribution in [1.29, 1.82) is 0 Å². The van der Waals surface area contributed by atoms with Crippen LogP contribution in [0.15, 0.2) is 48.8 Å². The van der Waals surface area contributed by atoms with Gasteiger partial charge in [0.2, 0.25) is 0 Å². The van der Waals surface area contributed by atoms with Gasteiger partial charge in [-0.05, 0) is 60.4 Å². The minimum absolute atomic E-state index is 0.0598. The molecular weight excluding hydrogens is 396 g/mol. The average molecular weight is 420 g/mol. The van der Waals surface area contributed by atoms with Crippen LogP contribution in [-0.2, 0) is 9.47 Å². The number of esters is 2. The van der Waals surface area contributed by atoms with Crippen molar-refractivity contribution in [3.05, 3.63) is 71.0 Å². The third-order valence-electron chi connectivity index (χ3n) is 5.67. The molecule has 160 valence electrons. The zero-order chi connectivity index (χ0) is 22.0. The second kappa shape index (κ2) is 8.65. The molecule has 0 saturated carbocycles. The molecule has 0 amide bonds. The van der Waals surface area contributed by atoms with E-state index in [2.05, 4.69) is 9.97 Å². The molecule has 2 aromatic carbocycles. The van der Waals surface area contributed by atoms with Gasteiger partial charge in [-0.2, -0.15) is 0 Å². The molecule has 3 N–H and O–H groups in total. The van der Waals surface area contributed by atoms with E-state index in [4.69, 9.17) is 9.47 Å². The summed E-state index contributed by atoms with van der Waals surface area (Å²) in [7, 11) is 2.72. The highest BCUT2D eigenvalue weighted by Gasteiger charge is 2.22. The number of ether oxygens (including phenoxy) is 2. The Bertz CT molecular complexity index is 1160. The number of aromatic nitrogens is 2. The quantitative estimate of drug-likeness (QED) is 0.390. The normalized spacial score (nSPS) is 11.4. The van der Waals surface area contributed by atoms with E-state index in [-0.39, 0.29) is 12.5 Å². The maximum absolute atomic E-state index is 12.1. The lowest BCUT2D eigenvalue weighted by molar-refractivity contribution is 0.0592. The monoisotopic (exact) mass is 420 g/mol. The molecule has 31 heavy (non-hydrogen) atoms. The number of aromatic amines is 2. The van der Waals surface area contributed by atoms with Crippen molar-refractivity contribution in [2.75, 3.05) is 20.8 Å². The molecule has 0 saturated heterocycles. The first-order chi connectivity index (χ1) is 15.1. The predicted molar refractivity (Wildman–Crippen MR) is 117 cm³/mol. The summed E-state index contributed by atoms with van der Waals surface area (Å²) in [5.41, 5.74) is 4.79. The number of aliphatic hydroxyl groups is 1. The highest BCUT2D eigenvalue weighted by molar-refractivity contribution is 5.98. The number of benzene rings is 2. The van der Waals surface area contributed by atoms with Gasteiger partial charge in [-0.1, -0.05) is 0 Å². The van der Waals surface area contributed by atoms with E-state index in [1.165, 1.54) is 14.2 Å². The van der Waals surface area contributed by atoms with Gasteiger partial charge in [-0.3, -0.25) is 0 Å². The summed E-state index contributed by atoms with van der Waals surface area (Å²) in [6, 6.07) is 10.8. The molecule has 0 radical (unpaired) electrons. The van der Waals surface area contributed by atoms with Crippen LogP contribution in [0.4, 0.5) is 0 Å². The third-order valence-corrected chi connectivity index (χ3v) is 5.67. The molecule has 7 heteroatoms. The summed E-state index contributed by atoms with van der Waals surface area (Å²) in [6.07, 6.45) is 5.19. The first-order valence-electron chi connectivity index (χ1n) is 10.1. The molecule has 0 aliphatic heterocycles. The predicted octanol–water partition coefficient (Wildman–Crippen LogP) is 4.13. The van der Waals surface area contributed by atoms with Crippen LogP contribution in [0.3, 0.4) is 0 Å². The van der Waals surface area contributed by atoms with E-state index in [0.717, 1.165) is 32.9 Å². The number of rotatable bonds is 7. The van der Waals surface area contributed by atoms with Gasteiger partial charge in [0, 0.05) is 46.7 Å². The first kappa shape index (κ1) is 20.7. The second-order valence-corrected chi connectivity index (χ2v) is 7.41. The number of aliphatic hydroxyl groups excluding tert-OH is 1. The van der Waals surface area contributed by atoms with Crippen LogP contribution in [-0.4, -0.2) is 47.8 Å². The van der Waals surface area contributed by atoms with E-state index >= 15 is 0 Å². The van der Waals surface area contributed by atoms with Crippen molar-refractivity contribution >= 4 is 33.7 Å². The minimum Gasteiger partial charge on any atom is -0.465 e. The lowest BCUT2D eigenvalue weighted by atomic mass is 9.86. The Morgan fingerprint density at radius 1 is 0.871 bits per heavy atom. The maximum Gasteiger partial charge on any atom is 0.337 e. The molecule has 0 atom stereocenters. The smallest absolute Gasteiger partial charge is 0.337 e. The summed E-state index contributed by atoms with van der Waals surface area (Å²) in [6.45, 7) is 0.0715. The molecular formula is C24H24N2O5. The van der Waals surface area contributed by atoms with Crippen LogP contribution in [0.2, 0.25) is 0 Å². The average Bonchev–Trinajstić information content (AvgIpc) is 3.42. The van der Waals surface area contributed by atoms with Crippen molar-refractivity contribution in [3.8, 4) is 0 Å². The van der Waals surface area contributed by atoms with Gasteiger partial charge >= 0.3 is 11.9 Å². The summed E-state index contributed by atoms with van der Waals surface area (Å²) >= 11 is 0. The molecule has 7 nitrogen and oxygen atoms in total. The second-order valence-electron chi connectivity index (χ2n) is 7.41. The summed E-state index contributed by atoms with van der Waals surface area (Å²) in [5, 5.41) is 11.3. The molecule has 2 heterocycles. The van der Waals surface area contributed by atoms with Crippen molar-refractivity contribution < 1.29 is 24.2 Å². The van der Waals surface area contributed by atoms with Crippen molar-refractivity contribution in [2.24, 2.45) is 0 Å². The van der Waals surface area contributed by atoms with Crippen LogP contribution in [0, 0.1) is 0 Å². The number of H-pyrrole nitrogens is 2. The Labute approximate surface area is 179 Å². The SMILES string of the molecule is COC(=O)c1ccc2[nH]cc(C(CCCO)c3c[nH]c4ccc(C(=O)OC)cc34)c2c1. The number of carbonyl (C=O) groups excluding carboxylic acids is 2.